The van der Waals surface area contributed by atoms with Crippen molar-refractivity contribution in [3.8, 4) is 17.0 Å². The summed E-state index contributed by atoms with van der Waals surface area (Å²) < 4.78 is 55.3. The minimum Gasteiger partial charge on any atom is -0.405 e. The molecule has 1 aromatic carbocycles. The smallest absolute Gasteiger partial charge is 0.405 e. The van der Waals surface area contributed by atoms with Crippen LogP contribution in [0.4, 0.5) is 13.2 Å². The molecule has 6 rings (SSSR count). The fourth-order valence-electron chi connectivity index (χ4n) is 6.44. The molecule has 4 fully saturated rings. The first-order valence-electron chi connectivity index (χ1n) is 11.9. The highest BCUT2D eigenvalue weighted by atomic mass is 19.4. The Bertz CT molecular complexity index is 983. The van der Waals surface area contributed by atoms with Crippen LogP contribution in [0.15, 0.2) is 28.8 Å². The van der Waals surface area contributed by atoms with E-state index in [1.54, 1.807) is 12.1 Å². The largest absolute Gasteiger partial charge is 0.573 e. The quantitative estimate of drug-likeness (QED) is 0.486. The summed E-state index contributed by atoms with van der Waals surface area (Å²) in [6, 6.07) is 6.13. The predicted octanol–water partition coefficient (Wildman–Crippen LogP) is 6.85. The van der Waals surface area contributed by atoms with Gasteiger partial charge in [0.1, 0.15) is 17.2 Å². The molecule has 2 unspecified atom stereocenters. The highest BCUT2D eigenvalue weighted by molar-refractivity contribution is 5.70. The number of ether oxygens (including phenoxy) is 2. The van der Waals surface area contributed by atoms with E-state index in [0.717, 1.165) is 60.7 Å². The maximum Gasteiger partial charge on any atom is 0.573 e. The highest BCUT2D eigenvalue weighted by Crippen LogP contribution is 2.57. The number of fused-ring (bicyclic) bond motifs is 1. The molecule has 0 radical (unpaired) electrons. The van der Waals surface area contributed by atoms with Crippen molar-refractivity contribution >= 4 is 0 Å². The van der Waals surface area contributed by atoms with Crippen LogP contribution in [0.5, 0.6) is 5.75 Å². The second-order valence-electron chi connectivity index (χ2n) is 10.2. The van der Waals surface area contributed by atoms with Gasteiger partial charge in [-0.15, -0.1) is 13.2 Å². The van der Waals surface area contributed by atoms with Crippen LogP contribution in [0.3, 0.4) is 0 Å². The van der Waals surface area contributed by atoms with Crippen LogP contribution in [0.25, 0.3) is 11.3 Å². The summed E-state index contributed by atoms with van der Waals surface area (Å²) in [5.41, 5.74) is 1.47. The van der Waals surface area contributed by atoms with Gasteiger partial charge in [0.05, 0.1) is 12.7 Å². The molecule has 0 spiro atoms. The van der Waals surface area contributed by atoms with Crippen LogP contribution >= 0.6 is 0 Å². The lowest BCUT2D eigenvalue weighted by molar-refractivity contribution is -0.274. The number of benzene rings is 1. The van der Waals surface area contributed by atoms with Gasteiger partial charge in [-0.2, -0.15) is 0 Å². The Balaban J connectivity index is 1.25. The monoisotopic (exact) mass is 447 g/mol. The fraction of sp³-hybridized carbons (Fsp3) is 0.640. The van der Waals surface area contributed by atoms with E-state index in [4.69, 9.17) is 9.26 Å². The standard InChI is InChI=1S/C25H28F3NO3/c26-25(27,28)31-22-4-2-1-3-19(22)23-21(24(32-29-23)15-6-7-15)13-30-18-8-5-14-9-16-11-17(12-18)20(16)10-14/h1-4,14-18,20H,5-13H2/t14-,16?,17+,18+,20?/m1/s1. The van der Waals surface area contributed by atoms with Crippen molar-refractivity contribution in [3.63, 3.8) is 0 Å². The van der Waals surface area contributed by atoms with Crippen molar-refractivity contribution in [1.29, 1.82) is 0 Å². The van der Waals surface area contributed by atoms with Gasteiger partial charge in [-0.3, -0.25) is 0 Å². The highest BCUT2D eigenvalue weighted by Gasteiger charge is 2.49. The van der Waals surface area contributed by atoms with Crippen LogP contribution in [0.2, 0.25) is 0 Å². The second-order valence-corrected chi connectivity index (χ2v) is 10.2. The molecule has 32 heavy (non-hydrogen) atoms. The molecule has 1 aromatic heterocycles. The van der Waals surface area contributed by atoms with Crippen molar-refractivity contribution in [1.82, 2.24) is 5.16 Å². The third-order valence-electron chi connectivity index (χ3n) is 8.12. The Morgan fingerprint density at radius 1 is 0.969 bits per heavy atom. The Hall–Kier alpha value is -2.02. The zero-order valence-electron chi connectivity index (χ0n) is 17.9. The van der Waals surface area contributed by atoms with Gasteiger partial charge < -0.3 is 14.0 Å². The third kappa shape index (κ3) is 3.93. The maximum absolute atomic E-state index is 13.0. The Kier molecular flexibility index (Phi) is 5.01. The van der Waals surface area contributed by atoms with Crippen molar-refractivity contribution in [2.24, 2.45) is 23.7 Å². The molecule has 2 aromatic rings. The lowest BCUT2D eigenvalue weighted by Crippen LogP contribution is -2.36. The summed E-state index contributed by atoms with van der Waals surface area (Å²) in [5.74, 6) is 4.25. The van der Waals surface area contributed by atoms with E-state index in [1.807, 2.05) is 0 Å². The zero-order valence-corrected chi connectivity index (χ0v) is 17.9. The predicted molar refractivity (Wildman–Crippen MR) is 111 cm³/mol. The Morgan fingerprint density at radius 3 is 2.59 bits per heavy atom. The Morgan fingerprint density at radius 2 is 1.78 bits per heavy atom. The van der Waals surface area contributed by atoms with E-state index in [-0.39, 0.29) is 23.3 Å². The van der Waals surface area contributed by atoms with E-state index in [9.17, 15) is 13.2 Å². The summed E-state index contributed by atoms with van der Waals surface area (Å²) in [6.45, 7) is 0.321. The van der Waals surface area contributed by atoms with Crippen molar-refractivity contribution in [3.05, 3.63) is 35.6 Å². The molecular weight excluding hydrogens is 419 g/mol. The first kappa shape index (κ1) is 20.6. The first-order valence-corrected chi connectivity index (χ1v) is 11.9. The summed E-state index contributed by atoms with van der Waals surface area (Å²) in [6.07, 6.45) is 4.97. The lowest BCUT2D eigenvalue weighted by atomic mass is 9.64. The normalized spacial score (nSPS) is 31.7. The molecule has 0 aliphatic heterocycles. The average Bonchev–Trinajstić information content (AvgIpc) is 3.37. The summed E-state index contributed by atoms with van der Waals surface area (Å²) in [5, 5.41) is 4.19. The molecule has 172 valence electrons. The van der Waals surface area contributed by atoms with Crippen LogP contribution in [-0.4, -0.2) is 17.6 Å². The number of nitrogens with zero attached hydrogens (tertiary/aromatic N) is 1. The van der Waals surface area contributed by atoms with E-state index in [0.29, 0.717) is 12.3 Å². The van der Waals surface area contributed by atoms with Gasteiger partial charge in [-0.25, -0.2) is 0 Å². The van der Waals surface area contributed by atoms with Crippen LogP contribution < -0.4 is 4.74 Å². The van der Waals surface area contributed by atoms with Gasteiger partial charge in [-0.05, 0) is 87.2 Å². The van der Waals surface area contributed by atoms with Crippen LogP contribution in [0.1, 0.15) is 68.6 Å². The van der Waals surface area contributed by atoms with E-state index < -0.39 is 6.36 Å². The van der Waals surface area contributed by atoms with Gasteiger partial charge in [0, 0.05) is 17.0 Å². The van der Waals surface area contributed by atoms with Gasteiger partial charge in [0.15, 0.2) is 0 Å². The number of hydrogen-bond donors (Lipinski definition) is 0. The van der Waals surface area contributed by atoms with E-state index in [2.05, 4.69) is 9.89 Å². The van der Waals surface area contributed by atoms with Crippen molar-refractivity contribution in [2.75, 3.05) is 0 Å². The topological polar surface area (TPSA) is 44.5 Å². The van der Waals surface area contributed by atoms with Gasteiger partial charge in [-0.1, -0.05) is 17.3 Å². The van der Waals surface area contributed by atoms with Crippen molar-refractivity contribution < 1.29 is 27.2 Å². The zero-order chi connectivity index (χ0) is 21.9. The molecule has 0 amide bonds. The van der Waals surface area contributed by atoms with E-state index >= 15 is 0 Å². The minimum absolute atomic E-state index is 0.195. The van der Waals surface area contributed by atoms with Crippen molar-refractivity contribution in [2.45, 2.75) is 76.4 Å². The summed E-state index contributed by atoms with van der Waals surface area (Å²) in [7, 11) is 0. The molecule has 2 bridgehead atoms. The minimum atomic E-state index is -4.77. The summed E-state index contributed by atoms with van der Waals surface area (Å²) in [4.78, 5) is 0. The average molecular weight is 447 g/mol. The molecule has 0 N–H and O–H groups in total. The molecule has 4 nitrogen and oxygen atoms in total. The SMILES string of the molecule is FC(F)(F)Oc1ccccc1-c1noc(C2CC2)c1CO[C@H]1CC[C@@H]2CC3C[C@@H](C1)C3C2. The molecular formula is C25H28F3NO3. The molecule has 4 saturated carbocycles. The molecule has 4 aliphatic rings. The molecule has 1 heterocycles. The van der Waals surface area contributed by atoms with E-state index in [1.165, 1.54) is 37.8 Å². The second kappa shape index (κ2) is 7.79. The van der Waals surface area contributed by atoms with Gasteiger partial charge >= 0.3 is 6.36 Å². The number of aromatic nitrogens is 1. The lowest BCUT2D eigenvalue weighted by Gasteiger charge is -2.42. The van der Waals surface area contributed by atoms with Gasteiger partial charge in [0.2, 0.25) is 0 Å². The van der Waals surface area contributed by atoms with Crippen LogP contribution in [-0.2, 0) is 11.3 Å². The van der Waals surface area contributed by atoms with Gasteiger partial charge in [0.25, 0.3) is 0 Å². The number of alkyl halides is 3. The number of rotatable bonds is 6. The van der Waals surface area contributed by atoms with Crippen LogP contribution in [0, 0.1) is 23.7 Å². The molecule has 0 saturated heterocycles. The Labute approximate surface area is 185 Å². The molecule has 7 heteroatoms. The maximum atomic E-state index is 13.0. The molecule has 5 atom stereocenters. The number of halogens is 3. The number of para-hydroxylation sites is 1. The third-order valence-corrected chi connectivity index (χ3v) is 8.12. The fourth-order valence-corrected chi connectivity index (χ4v) is 6.44. The summed E-state index contributed by atoms with van der Waals surface area (Å²) >= 11 is 0. The number of hydrogen-bond acceptors (Lipinski definition) is 4. The first-order chi connectivity index (χ1) is 15.4. The molecule has 4 aliphatic carbocycles.